The molecule has 1 atom stereocenters. The third-order valence-corrected chi connectivity index (χ3v) is 5.19. The van der Waals surface area contributed by atoms with Gasteiger partial charge in [-0.2, -0.15) is 0 Å². The van der Waals surface area contributed by atoms with E-state index < -0.39 is 0 Å². The van der Waals surface area contributed by atoms with E-state index in [0.717, 1.165) is 23.0 Å². The molecular weight excluding hydrogens is 318 g/mol. The fourth-order valence-electron chi connectivity index (χ4n) is 2.52. The van der Waals surface area contributed by atoms with E-state index in [9.17, 15) is 4.79 Å². The summed E-state index contributed by atoms with van der Waals surface area (Å²) in [6, 6.07) is 9.94. The van der Waals surface area contributed by atoms with Crippen LogP contribution in [0, 0.1) is 19.8 Å². The number of aryl methyl sites for hydroxylation is 1. The monoisotopic (exact) mass is 345 g/mol. The van der Waals surface area contributed by atoms with E-state index >= 15 is 0 Å². The summed E-state index contributed by atoms with van der Waals surface area (Å²) < 4.78 is 2.24. The lowest BCUT2D eigenvalue weighted by Gasteiger charge is -2.21. The summed E-state index contributed by atoms with van der Waals surface area (Å²) in [6.07, 6.45) is 0. The van der Waals surface area contributed by atoms with Crippen LogP contribution in [0.1, 0.15) is 36.0 Å². The van der Waals surface area contributed by atoms with E-state index in [2.05, 4.69) is 25.3 Å². The quantitative estimate of drug-likeness (QED) is 0.741. The number of rotatable bonds is 6. The molecule has 0 fully saturated rings. The first kappa shape index (κ1) is 18.6. The predicted octanol–water partition coefficient (Wildman–Crippen LogP) is 4.08. The second-order valence-corrected chi connectivity index (χ2v) is 7.78. The molecule has 1 unspecified atom stereocenters. The molecule has 0 aliphatic heterocycles. The zero-order chi connectivity index (χ0) is 17.9. The normalized spacial score (nSPS) is 12.5. The summed E-state index contributed by atoms with van der Waals surface area (Å²) in [5, 5.41) is 0.635. The summed E-state index contributed by atoms with van der Waals surface area (Å²) in [5.74, 6) is 0.608. The second-order valence-electron chi connectivity index (χ2n) is 6.71. The molecule has 5 heteroatoms. The van der Waals surface area contributed by atoms with Crippen LogP contribution in [0.15, 0.2) is 35.5 Å². The predicted molar refractivity (Wildman–Crippen MR) is 100 cm³/mol. The number of benzene rings is 1. The number of imidazole rings is 1. The van der Waals surface area contributed by atoms with Crippen molar-refractivity contribution in [1.29, 1.82) is 0 Å². The SMILES string of the molecule is Cc1nc(SC(C(=O)N(C)C)c2ccccc2)n(CC(C)C)c1C. The third kappa shape index (κ3) is 4.20. The first-order chi connectivity index (χ1) is 11.3. The molecule has 0 saturated heterocycles. The molecule has 130 valence electrons. The highest BCUT2D eigenvalue weighted by atomic mass is 32.2. The van der Waals surface area contributed by atoms with Crippen molar-refractivity contribution in [3.63, 3.8) is 0 Å². The third-order valence-electron chi connectivity index (χ3n) is 3.96. The largest absolute Gasteiger partial charge is 0.348 e. The van der Waals surface area contributed by atoms with Gasteiger partial charge in [0.2, 0.25) is 5.91 Å². The molecule has 1 aromatic heterocycles. The zero-order valence-electron chi connectivity index (χ0n) is 15.4. The van der Waals surface area contributed by atoms with Gasteiger partial charge in [-0.05, 0) is 25.3 Å². The minimum absolute atomic E-state index is 0.0839. The summed E-state index contributed by atoms with van der Waals surface area (Å²) in [4.78, 5) is 19.1. The zero-order valence-corrected chi connectivity index (χ0v) is 16.2. The van der Waals surface area contributed by atoms with Gasteiger partial charge in [-0.3, -0.25) is 4.79 Å². The molecule has 0 spiro atoms. The fourth-order valence-corrected chi connectivity index (χ4v) is 3.87. The van der Waals surface area contributed by atoms with Crippen LogP contribution in [0.3, 0.4) is 0 Å². The van der Waals surface area contributed by atoms with Crippen molar-refractivity contribution < 1.29 is 4.79 Å². The van der Waals surface area contributed by atoms with E-state index in [0.29, 0.717) is 5.92 Å². The number of amides is 1. The minimum Gasteiger partial charge on any atom is -0.348 e. The van der Waals surface area contributed by atoms with Crippen LogP contribution >= 0.6 is 11.8 Å². The summed E-state index contributed by atoms with van der Waals surface area (Å²) >= 11 is 1.54. The number of hydrogen-bond acceptors (Lipinski definition) is 3. The smallest absolute Gasteiger partial charge is 0.240 e. The molecule has 0 aliphatic carbocycles. The Bertz CT molecular complexity index is 692. The maximum absolute atomic E-state index is 12.7. The Labute approximate surface area is 149 Å². The Kier molecular flexibility index (Phi) is 6.10. The van der Waals surface area contributed by atoms with Crippen LogP contribution in [0.2, 0.25) is 0 Å². The highest BCUT2D eigenvalue weighted by molar-refractivity contribution is 8.00. The van der Waals surface area contributed by atoms with E-state index in [4.69, 9.17) is 4.98 Å². The second kappa shape index (κ2) is 7.88. The van der Waals surface area contributed by atoms with Gasteiger partial charge in [0.05, 0.1) is 5.69 Å². The Morgan fingerprint density at radius 1 is 1.21 bits per heavy atom. The molecule has 4 nitrogen and oxygen atoms in total. The van der Waals surface area contributed by atoms with Crippen molar-refractivity contribution in [3.8, 4) is 0 Å². The van der Waals surface area contributed by atoms with Crippen LogP contribution in [-0.4, -0.2) is 34.5 Å². The summed E-state index contributed by atoms with van der Waals surface area (Å²) in [7, 11) is 3.60. The van der Waals surface area contributed by atoms with Gasteiger partial charge in [0.1, 0.15) is 5.25 Å². The van der Waals surface area contributed by atoms with Gasteiger partial charge in [-0.15, -0.1) is 0 Å². The fraction of sp³-hybridized carbons (Fsp3) is 0.474. The van der Waals surface area contributed by atoms with Crippen molar-refractivity contribution in [2.75, 3.05) is 14.1 Å². The first-order valence-electron chi connectivity index (χ1n) is 8.27. The standard InChI is InChI=1S/C19H27N3OS/c1-13(2)12-22-15(4)14(3)20-19(22)24-17(18(23)21(5)6)16-10-8-7-9-11-16/h7-11,13,17H,12H2,1-6H3. The Morgan fingerprint density at radius 2 is 1.83 bits per heavy atom. The number of carbonyl (C=O) groups is 1. The van der Waals surface area contributed by atoms with Gasteiger partial charge in [-0.25, -0.2) is 4.98 Å². The first-order valence-corrected chi connectivity index (χ1v) is 9.15. The molecule has 0 N–H and O–H groups in total. The van der Waals surface area contributed by atoms with E-state index in [-0.39, 0.29) is 11.2 Å². The Hall–Kier alpha value is -1.75. The molecule has 2 aromatic rings. The number of nitrogens with zero attached hydrogens (tertiary/aromatic N) is 3. The molecule has 2 rings (SSSR count). The van der Waals surface area contributed by atoms with Gasteiger partial charge in [-0.1, -0.05) is 55.9 Å². The number of aromatic nitrogens is 2. The average Bonchev–Trinajstić information content (AvgIpc) is 2.80. The summed E-state index contributed by atoms with van der Waals surface area (Å²) in [6.45, 7) is 9.43. The average molecular weight is 346 g/mol. The molecule has 0 saturated carbocycles. The van der Waals surface area contributed by atoms with E-state index in [1.807, 2.05) is 37.3 Å². The van der Waals surface area contributed by atoms with Crippen molar-refractivity contribution in [2.45, 2.75) is 44.6 Å². The minimum atomic E-state index is -0.284. The number of hydrogen-bond donors (Lipinski definition) is 0. The van der Waals surface area contributed by atoms with Gasteiger partial charge in [0, 0.05) is 26.3 Å². The lowest BCUT2D eigenvalue weighted by Crippen LogP contribution is -2.27. The van der Waals surface area contributed by atoms with Crippen LogP contribution < -0.4 is 0 Å². The van der Waals surface area contributed by atoms with E-state index in [1.54, 1.807) is 30.8 Å². The molecule has 0 aliphatic rings. The van der Waals surface area contributed by atoms with Crippen LogP contribution in [0.5, 0.6) is 0 Å². The van der Waals surface area contributed by atoms with Gasteiger partial charge < -0.3 is 9.47 Å². The Morgan fingerprint density at radius 3 is 2.38 bits per heavy atom. The highest BCUT2D eigenvalue weighted by Crippen LogP contribution is 2.37. The Balaban J connectivity index is 2.40. The van der Waals surface area contributed by atoms with Crippen LogP contribution in [-0.2, 0) is 11.3 Å². The number of likely N-dealkylation sites (N-methyl/N-ethyl adjacent to an activating group) is 1. The van der Waals surface area contributed by atoms with Crippen molar-refractivity contribution in [3.05, 3.63) is 47.3 Å². The molecule has 0 bridgehead atoms. The van der Waals surface area contributed by atoms with Crippen LogP contribution in [0.4, 0.5) is 0 Å². The van der Waals surface area contributed by atoms with Crippen LogP contribution in [0.25, 0.3) is 0 Å². The van der Waals surface area contributed by atoms with Gasteiger partial charge in [0.15, 0.2) is 5.16 Å². The molecule has 1 amide bonds. The molecular formula is C19H27N3OS. The lowest BCUT2D eigenvalue weighted by atomic mass is 10.1. The van der Waals surface area contributed by atoms with Gasteiger partial charge >= 0.3 is 0 Å². The number of carbonyl (C=O) groups excluding carboxylic acids is 1. The molecule has 1 aromatic carbocycles. The van der Waals surface area contributed by atoms with E-state index in [1.165, 1.54) is 5.69 Å². The number of thioether (sulfide) groups is 1. The van der Waals surface area contributed by atoms with Gasteiger partial charge in [0.25, 0.3) is 0 Å². The lowest BCUT2D eigenvalue weighted by molar-refractivity contribution is -0.128. The molecule has 0 radical (unpaired) electrons. The van der Waals surface area contributed by atoms with Crippen molar-refractivity contribution >= 4 is 17.7 Å². The molecule has 1 heterocycles. The highest BCUT2D eigenvalue weighted by Gasteiger charge is 2.26. The summed E-state index contributed by atoms with van der Waals surface area (Å²) in [5.41, 5.74) is 3.22. The topological polar surface area (TPSA) is 38.1 Å². The maximum Gasteiger partial charge on any atom is 0.240 e. The molecule has 24 heavy (non-hydrogen) atoms. The maximum atomic E-state index is 12.7. The van der Waals surface area contributed by atoms with Crippen molar-refractivity contribution in [2.24, 2.45) is 5.92 Å². The van der Waals surface area contributed by atoms with Crippen molar-refractivity contribution in [1.82, 2.24) is 14.5 Å².